The second kappa shape index (κ2) is 6.78. The molecule has 0 fully saturated rings. The fraction of sp³-hybridized carbons (Fsp3) is 0.143. The minimum atomic E-state index is -0.457. The van der Waals surface area contributed by atoms with E-state index in [0.717, 1.165) is 15.7 Å². The van der Waals surface area contributed by atoms with E-state index in [4.69, 9.17) is 16.3 Å². The number of nitro benzene ring substituents is 1. The topological polar surface area (TPSA) is 64.4 Å². The number of hydrogen-bond acceptors (Lipinski definition) is 4. The molecular formula is C14H12BrClN2O3. The molecule has 0 radical (unpaired) electrons. The largest absolute Gasteiger partial charge is 0.490 e. The molecule has 0 aliphatic heterocycles. The zero-order valence-corrected chi connectivity index (χ0v) is 13.4. The number of methoxy groups -OCH3 is 1. The van der Waals surface area contributed by atoms with Crippen LogP contribution in [0.5, 0.6) is 5.75 Å². The maximum absolute atomic E-state index is 11.0. The summed E-state index contributed by atoms with van der Waals surface area (Å²) in [5, 5.41) is 14.8. The normalized spacial score (nSPS) is 10.2. The van der Waals surface area contributed by atoms with Gasteiger partial charge in [-0.05, 0) is 45.8 Å². The molecule has 0 spiro atoms. The molecule has 2 aromatic carbocycles. The predicted molar refractivity (Wildman–Crippen MR) is 86.1 cm³/mol. The molecule has 1 N–H and O–H groups in total. The van der Waals surface area contributed by atoms with Gasteiger partial charge in [0, 0.05) is 22.8 Å². The maximum Gasteiger partial charge on any atom is 0.311 e. The first-order valence-electron chi connectivity index (χ1n) is 6.01. The highest BCUT2D eigenvalue weighted by molar-refractivity contribution is 9.10. The van der Waals surface area contributed by atoms with Crippen LogP contribution in [-0.2, 0) is 6.54 Å². The van der Waals surface area contributed by atoms with E-state index < -0.39 is 4.92 Å². The Kier molecular flexibility index (Phi) is 5.03. The van der Waals surface area contributed by atoms with Crippen molar-refractivity contribution in [2.75, 3.05) is 12.4 Å². The molecule has 0 aromatic heterocycles. The molecule has 0 atom stereocenters. The molecule has 5 nitrogen and oxygen atoms in total. The Labute approximate surface area is 135 Å². The summed E-state index contributed by atoms with van der Waals surface area (Å²) in [6.45, 7) is 0.457. The van der Waals surface area contributed by atoms with Gasteiger partial charge >= 0.3 is 5.69 Å². The number of hydrogen-bond donors (Lipinski definition) is 1. The van der Waals surface area contributed by atoms with Gasteiger partial charge in [0.1, 0.15) is 0 Å². The van der Waals surface area contributed by atoms with Crippen molar-refractivity contribution in [1.29, 1.82) is 0 Å². The van der Waals surface area contributed by atoms with E-state index in [2.05, 4.69) is 21.2 Å². The smallest absolute Gasteiger partial charge is 0.311 e. The number of nitrogens with zero attached hydrogens (tertiary/aromatic N) is 1. The average molecular weight is 372 g/mol. The van der Waals surface area contributed by atoms with E-state index >= 15 is 0 Å². The van der Waals surface area contributed by atoms with E-state index in [-0.39, 0.29) is 11.4 Å². The first-order chi connectivity index (χ1) is 10.0. The van der Waals surface area contributed by atoms with Gasteiger partial charge in [-0.25, -0.2) is 0 Å². The van der Waals surface area contributed by atoms with Crippen molar-refractivity contribution in [3.63, 3.8) is 0 Å². The SMILES string of the molecule is COc1ccc(CNc2ccc(Cl)c(Br)c2)cc1[N+](=O)[O-]. The summed E-state index contributed by atoms with van der Waals surface area (Å²) in [6.07, 6.45) is 0. The molecule has 0 saturated heterocycles. The molecule has 7 heteroatoms. The lowest BCUT2D eigenvalue weighted by Gasteiger charge is -2.09. The average Bonchev–Trinajstić information content (AvgIpc) is 2.48. The Morgan fingerprint density at radius 2 is 2.10 bits per heavy atom. The minimum absolute atomic E-state index is 0.0471. The molecule has 0 aliphatic rings. The fourth-order valence-electron chi connectivity index (χ4n) is 1.80. The highest BCUT2D eigenvalue weighted by Gasteiger charge is 2.14. The lowest BCUT2D eigenvalue weighted by Crippen LogP contribution is -2.01. The highest BCUT2D eigenvalue weighted by atomic mass is 79.9. The quantitative estimate of drug-likeness (QED) is 0.614. The van der Waals surface area contributed by atoms with Crippen LogP contribution in [0.2, 0.25) is 5.02 Å². The second-order valence-electron chi connectivity index (χ2n) is 4.25. The van der Waals surface area contributed by atoms with Gasteiger partial charge < -0.3 is 10.1 Å². The Hall–Kier alpha value is -1.79. The zero-order valence-electron chi connectivity index (χ0n) is 11.1. The van der Waals surface area contributed by atoms with Crippen LogP contribution in [0.3, 0.4) is 0 Å². The van der Waals surface area contributed by atoms with E-state index in [9.17, 15) is 10.1 Å². The highest BCUT2D eigenvalue weighted by Crippen LogP contribution is 2.29. The Bertz CT molecular complexity index is 679. The number of nitro groups is 1. The molecular weight excluding hydrogens is 360 g/mol. The lowest BCUT2D eigenvalue weighted by atomic mass is 10.2. The van der Waals surface area contributed by atoms with Gasteiger partial charge in [-0.1, -0.05) is 17.7 Å². The van der Waals surface area contributed by atoms with Crippen LogP contribution in [0.1, 0.15) is 5.56 Å². The Morgan fingerprint density at radius 3 is 2.71 bits per heavy atom. The first kappa shape index (κ1) is 15.6. The number of anilines is 1. The number of nitrogens with one attached hydrogen (secondary N) is 1. The number of benzene rings is 2. The van der Waals surface area contributed by atoms with Crippen molar-refractivity contribution in [1.82, 2.24) is 0 Å². The lowest BCUT2D eigenvalue weighted by molar-refractivity contribution is -0.385. The van der Waals surface area contributed by atoms with Crippen molar-refractivity contribution in [2.45, 2.75) is 6.54 Å². The van der Waals surface area contributed by atoms with E-state index in [1.165, 1.54) is 13.2 Å². The number of rotatable bonds is 5. The van der Waals surface area contributed by atoms with Crippen molar-refractivity contribution in [3.05, 3.63) is 61.6 Å². The third-order valence-electron chi connectivity index (χ3n) is 2.86. The Morgan fingerprint density at radius 1 is 1.33 bits per heavy atom. The standard InChI is InChI=1S/C14H12BrClN2O3/c1-21-14-5-2-9(6-13(14)18(19)20)8-17-10-3-4-12(16)11(15)7-10/h2-7,17H,8H2,1H3. The van der Waals surface area contributed by atoms with Crippen LogP contribution in [0.15, 0.2) is 40.9 Å². The zero-order chi connectivity index (χ0) is 15.4. The van der Waals surface area contributed by atoms with Crippen molar-refractivity contribution in [3.8, 4) is 5.75 Å². The number of halogens is 2. The maximum atomic E-state index is 11.0. The number of ether oxygens (including phenoxy) is 1. The summed E-state index contributed by atoms with van der Waals surface area (Å²) >= 11 is 9.27. The summed E-state index contributed by atoms with van der Waals surface area (Å²) < 4.78 is 5.76. The minimum Gasteiger partial charge on any atom is -0.490 e. The molecule has 0 bridgehead atoms. The summed E-state index contributed by atoms with van der Waals surface area (Å²) in [5.41, 5.74) is 1.60. The molecule has 2 rings (SSSR count). The fourth-order valence-corrected chi connectivity index (χ4v) is 2.29. The van der Waals surface area contributed by atoms with Crippen LogP contribution >= 0.6 is 27.5 Å². The molecule has 2 aromatic rings. The van der Waals surface area contributed by atoms with E-state index in [1.54, 1.807) is 18.2 Å². The molecule has 110 valence electrons. The molecule has 21 heavy (non-hydrogen) atoms. The summed E-state index contributed by atoms with van der Waals surface area (Å²) in [6, 6.07) is 10.3. The summed E-state index contributed by atoms with van der Waals surface area (Å²) in [7, 11) is 1.41. The van der Waals surface area contributed by atoms with Crippen LogP contribution < -0.4 is 10.1 Å². The molecule has 0 heterocycles. The van der Waals surface area contributed by atoms with Crippen molar-refractivity contribution < 1.29 is 9.66 Å². The second-order valence-corrected chi connectivity index (χ2v) is 5.51. The van der Waals surface area contributed by atoms with Gasteiger partial charge in [-0.3, -0.25) is 10.1 Å². The van der Waals surface area contributed by atoms with Gasteiger partial charge in [0.25, 0.3) is 0 Å². The third-order valence-corrected chi connectivity index (χ3v) is 4.07. The predicted octanol–water partition coefficient (Wildman–Crippen LogP) is 4.63. The molecule has 0 amide bonds. The molecule has 0 saturated carbocycles. The summed E-state index contributed by atoms with van der Waals surface area (Å²) in [4.78, 5) is 10.5. The van der Waals surface area contributed by atoms with Crippen molar-refractivity contribution >= 4 is 38.9 Å². The van der Waals surface area contributed by atoms with Crippen LogP contribution in [0.4, 0.5) is 11.4 Å². The van der Waals surface area contributed by atoms with Gasteiger partial charge in [0.2, 0.25) is 0 Å². The van der Waals surface area contributed by atoms with Crippen LogP contribution in [0, 0.1) is 10.1 Å². The first-order valence-corrected chi connectivity index (χ1v) is 7.18. The van der Waals surface area contributed by atoms with E-state index in [0.29, 0.717) is 11.6 Å². The summed E-state index contributed by atoms with van der Waals surface area (Å²) in [5.74, 6) is 0.248. The van der Waals surface area contributed by atoms with E-state index in [1.807, 2.05) is 12.1 Å². The Balaban J connectivity index is 2.14. The molecule has 0 unspecified atom stereocenters. The molecule has 0 aliphatic carbocycles. The van der Waals surface area contributed by atoms with Gasteiger partial charge in [0.15, 0.2) is 5.75 Å². The van der Waals surface area contributed by atoms with Gasteiger partial charge in [-0.15, -0.1) is 0 Å². The van der Waals surface area contributed by atoms with Gasteiger partial charge in [0.05, 0.1) is 17.1 Å². The third kappa shape index (κ3) is 3.86. The van der Waals surface area contributed by atoms with Crippen molar-refractivity contribution in [2.24, 2.45) is 0 Å². The monoisotopic (exact) mass is 370 g/mol. The van der Waals surface area contributed by atoms with Crippen LogP contribution in [0.25, 0.3) is 0 Å². The van der Waals surface area contributed by atoms with Crippen LogP contribution in [-0.4, -0.2) is 12.0 Å². The van der Waals surface area contributed by atoms with Gasteiger partial charge in [-0.2, -0.15) is 0 Å².